The van der Waals surface area contributed by atoms with Gasteiger partial charge in [-0.2, -0.15) is 4.31 Å². The molecule has 1 saturated heterocycles. The zero-order chi connectivity index (χ0) is 21.7. The molecule has 0 amide bonds. The zero-order valence-electron chi connectivity index (χ0n) is 16.9. The molecule has 0 bridgehead atoms. The van der Waals surface area contributed by atoms with Gasteiger partial charge in [0.25, 0.3) is 0 Å². The van der Waals surface area contributed by atoms with Gasteiger partial charge in [0, 0.05) is 13.1 Å². The molecule has 0 aliphatic carbocycles. The fourth-order valence-corrected chi connectivity index (χ4v) is 5.06. The Bertz CT molecular complexity index is 998. The molecule has 9 heteroatoms. The Morgan fingerprint density at radius 2 is 1.73 bits per heavy atom. The van der Waals surface area contributed by atoms with Crippen LogP contribution in [0, 0.1) is 13.8 Å². The van der Waals surface area contributed by atoms with E-state index in [1.165, 1.54) is 22.5 Å². The lowest BCUT2D eigenvalue weighted by molar-refractivity contribution is 0.0450. The minimum Gasteiger partial charge on any atom is -0.490 e. The quantitative estimate of drug-likeness (QED) is 0.473. The van der Waals surface area contributed by atoms with Crippen molar-refractivity contribution in [2.45, 2.75) is 18.7 Å². The van der Waals surface area contributed by atoms with Gasteiger partial charge in [0.15, 0.2) is 0 Å². The number of ether oxygens (including phenoxy) is 3. The second-order valence-electron chi connectivity index (χ2n) is 6.97. The number of sulfonamides is 1. The van der Waals surface area contributed by atoms with E-state index in [9.17, 15) is 13.2 Å². The summed E-state index contributed by atoms with van der Waals surface area (Å²) in [7, 11) is -3.83. The molecule has 7 nitrogen and oxygen atoms in total. The van der Waals surface area contributed by atoms with Crippen LogP contribution in [0.15, 0.2) is 41.3 Å². The lowest BCUT2D eigenvalue weighted by Crippen LogP contribution is -2.40. The molecular formula is C21H24ClNO6S. The van der Waals surface area contributed by atoms with Gasteiger partial charge in [0.05, 0.1) is 23.8 Å². The maximum Gasteiger partial charge on any atom is 0.338 e. The van der Waals surface area contributed by atoms with E-state index in [2.05, 4.69) is 0 Å². The smallest absolute Gasteiger partial charge is 0.338 e. The molecular weight excluding hydrogens is 430 g/mol. The van der Waals surface area contributed by atoms with E-state index in [-0.39, 0.29) is 41.8 Å². The molecule has 1 aliphatic heterocycles. The van der Waals surface area contributed by atoms with Crippen molar-refractivity contribution >= 4 is 27.6 Å². The predicted octanol–water partition coefficient (Wildman–Crippen LogP) is 3.21. The highest BCUT2D eigenvalue weighted by Crippen LogP contribution is 2.27. The molecule has 2 aromatic rings. The largest absolute Gasteiger partial charge is 0.490 e. The standard InChI is InChI=1S/C21H24ClNO6S/c1-15-11-16(2)13-18(12-15)28-9-10-29-21(24)17-3-4-19(22)20(14-17)30(25,26)23-5-7-27-8-6-23/h3-4,11-14H,5-10H2,1-2H3. The van der Waals surface area contributed by atoms with Gasteiger partial charge in [0.1, 0.15) is 23.9 Å². The third kappa shape index (κ3) is 5.51. The highest BCUT2D eigenvalue weighted by atomic mass is 35.5. The van der Waals surface area contributed by atoms with Crippen molar-refractivity contribution in [3.63, 3.8) is 0 Å². The third-order valence-electron chi connectivity index (χ3n) is 4.54. The molecule has 1 aliphatic rings. The van der Waals surface area contributed by atoms with Crippen molar-refractivity contribution < 1.29 is 27.4 Å². The molecule has 0 saturated carbocycles. The maximum atomic E-state index is 12.9. The molecule has 0 unspecified atom stereocenters. The Labute approximate surface area is 181 Å². The van der Waals surface area contributed by atoms with Crippen LogP contribution < -0.4 is 4.74 Å². The SMILES string of the molecule is Cc1cc(C)cc(OCCOC(=O)c2ccc(Cl)c(S(=O)(=O)N3CCOCC3)c2)c1. The van der Waals surface area contributed by atoms with Crippen LogP contribution in [0.5, 0.6) is 5.75 Å². The van der Waals surface area contributed by atoms with Crippen LogP contribution in [-0.2, 0) is 19.5 Å². The van der Waals surface area contributed by atoms with Crippen molar-refractivity contribution in [2.24, 2.45) is 0 Å². The minimum absolute atomic E-state index is 0.0278. The molecule has 1 heterocycles. The van der Waals surface area contributed by atoms with E-state index in [1.54, 1.807) is 0 Å². The lowest BCUT2D eigenvalue weighted by atomic mass is 10.1. The molecule has 2 aromatic carbocycles. The monoisotopic (exact) mass is 453 g/mol. The van der Waals surface area contributed by atoms with E-state index >= 15 is 0 Å². The number of hydrogen-bond acceptors (Lipinski definition) is 6. The number of nitrogens with zero attached hydrogens (tertiary/aromatic N) is 1. The van der Waals surface area contributed by atoms with Gasteiger partial charge >= 0.3 is 5.97 Å². The number of esters is 1. The van der Waals surface area contributed by atoms with Gasteiger partial charge in [0.2, 0.25) is 10.0 Å². The molecule has 3 rings (SSSR count). The lowest BCUT2D eigenvalue weighted by Gasteiger charge is -2.26. The van der Waals surface area contributed by atoms with Crippen molar-refractivity contribution in [3.05, 3.63) is 58.1 Å². The number of benzene rings is 2. The first-order valence-corrected chi connectivity index (χ1v) is 11.3. The fourth-order valence-electron chi connectivity index (χ4n) is 3.15. The van der Waals surface area contributed by atoms with Gasteiger partial charge in [-0.25, -0.2) is 13.2 Å². The van der Waals surface area contributed by atoms with E-state index in [0.717, 1.165) is 11.1 Å². The second kappa shape index (κ2) is 9.78. The Hall–Kier alpha value is -2.13. The maximum absolute atomic E-state index is 12.9. The second-order valence-corrected chi connectivity index (χ2v) is 9.28. The van der Waals surface area contributed by atoms with Gasteiger partial charge in [-0.15, -0.1) is 0 Å². The van der Waals surface area contributed by atoms with Crippen molar-refractivity contribution in [1.82, 2.24) is 4.31 Å². The average Bonchev–Trinajstić information content (AvgIpc) is 2.71. The first-order valence-electron chi connectivity index (χ1n) is 9.53. The topological polar surface area (TPSA) is 82.1 Å². The number of hydrogen-bond donors (Lipinski definition) is 0. The average molecular weight is 454 g/mol. The fraction of sp³-hybridized carbons (Fsp3) is 0.381. The van der Waals surface area contributed by atoms with Crippen molar-refractivity contribution in [2.75, 3.05) is 39.5 Å². The summed E-state index contributed by atoms with van der Waals surface area (Å²) in [5.41, 5.74) is 2.27. The Morgan fingerprint density at radius 1 is 1.07 bits per heavy atom. The molecule has 1 fully saturated rings. The van der Waals surface area contributed by atoms with Gasteiger partial charge in [-0.05, 0) is 55.3 Å². The van der Waals surface area contributed by atoms with Crippen LogP contribution in [0.3, 0.4) is 0 Å². The summed E-state index contributed by atoms with van der Waals surface area (Å²) in [4.78, 5) is 12.3. The summed E-state index contributed by atoms with van der Waals surface area (Å²) < 4.78 is 43.1. The summed E-state index contributed by atoms with van der Waals surface area (Å²) in [6, 6.07) is 9.91. The van der Waals surface area contributed by atoms with Gasteiger partial charge in [-0.3, -0.25) is 0 Å². The van der Waals surface area contributed by atoms with Crippen molar-refractivity contribution in [3.8, 4) is 5.75 Å². The van der Waals surface area contributed by atoms with Crippen LogP contribution >= 0.6 is 11.6 Å². The number of halogens is 1. The van der Waals surface area contributed by atoms with E-state index in [0.29, 0.717) is 19.0 Å². The summed E-state index contributed by atoms with van der Waals surface area (Å²) in [6.07, 6.45) is 0. The Kier molecular flexibility index (Phi) is 7.36. The predicted molar refractivity (Wildman–Crippen MR) is 113 cm³/mol. The molecule has 0 spiro atoms. The number of rotatable bonds is 7. The van der Waals surface area contributed by atoms with Crippen LogP contribution in [-0.4, -0.2) is 58.2 Å². The summed E-state index contributed by atoms with van der Waals surface area (Å²) in [5.74, 6) is 0.0584. The molecule has 30 heavy (non-hydrogen) atoms. The van der Waals surface area contributed by atoms with E-state index in [1.807, 2.05) is 32.0 Å². The Morgan fingerprint density at radius 3 is 2.40 bits per heavy atom. The highest BCUT2D eigenvalue weighted by molar-refractivity contribution is 7.89. The molecule has 162 valence electrons. The first kappa shape index (κ1) is 22.6. The van der Waals surface area contributed by atoms with Gasteiger partial charge < -0.3 is 14.2 Å². The number of morpholine rings is 1. The van der Waals surface area contributed by atoms with Gasteiger partial charge in [-0.1, -0.05) is 17.7 Å². The normalized spacial score (nSPS) is 15.0. The number of carbonyl (C=O) groups is 1. The van der Waals surface area contributed by atoms with E-state index in [4.69, 9.17) is 25.8 Å². The van der Waals surface area contributed by atoms with Crippen LogP contribution in [0.4, 0.5) is 0 Å². The van der Waals surface area contributed by atoms with E-state index < -0.39 is 16.0 Å². The summed E-state index contributed by atoms with van der Waals surface area (Å²) in [6.45, 7) is 5.28. The molecule has 0 aromatic heterocycles. The van der Waals surface area contributed by atoms with Crippen LogP contribution in [0.2, 0.25) is 5.02 Å². The minimum atomic E-state index is -3.83. The number of aryl methyl sites for hydroxylation is 2. The molecule has 0 N–H and O–H groups in total. The summed E-state index contributed by atoms with van der Waals surface area (Å²) in [5, 5.41) is 0.0520. The highest BCUT2D eigenvalue weighted by Gasteiger charge is 2.29. The first-order chi connectivity index (χ1) is 14.3. The van der Waals surface area contributed by atoms with Crippen LogP contribution in [0.25, 0.3) is 0 Å². The number of carbonyl (C=O) groups excluding carboxylic acids is 1. The molecule has 0 atom stereocenters. The summed E-state index contributed by atoms with van der Waals surface area (Å²) >= 11 is 6.12. The van der Waals surface area contributed by atoms with Crippen LogP contribution in [0.1, 0.15) is 21.5 Å². The third-order valence-corrected chi connectivity index (χ3v) is 6.92. The zero-order valence-corrected chi connectivity index (χ0v) is 18.5. The Balaban J connectivity index is 1.63. The van der Waals surface area contributed by atoms with Crippen molar-refractivity contribution in [1.29, 1.82) is 0 Å². The molecule has 0 radical (unpaired) electrons.